The standard InChI is InChI=1S/C22H44O4/c1-19(2)11-15-22(5,6)14-10-18-26-20(23)25-17-9-13-21(3,4)12-8-16-24-7/h19H,8-18H2,1-7H3. The summed E-state index contributed by atoms with van der Waals surface area (Å²) in [6, 6.07) is 0. The molecule has 0 aromatic carbocycles. The summed E-state index contributed by atoms with van der Waals surface area (Å²) in [5, 5.41) is 0. The van der Waals surface area contributed by atoms with Gasteiger partial charge in [0.25, 0.3) is 0 Å². The van der Waals surface area contributed by atoms with E-state index in [0.29, 0.717) is 18.6 Å². The Morgan fingerprint density at radius 3 is 1.62 bits per heavy atom. The quantitative estimate of drug-likeness (QED) is 0.239. The molecule has 0 atom stereocenters. The lowest BCUT2D eigenvalue weighted by atomic mass is 9.81. The largest absolute Gasteiger partial charge is 0.508 e. The van der Waals surface area contributed by atoms with E-state index in [1.54, 1.807) is 7.11 Å². The van der Waals surface area contributed by atoms with E-state index in [9.17, 15) is 4.79 Å². The second kappa shape index (κ2) is 13.4. The molecule has 0 aromatic heterocycles. The predicted octanol–water partition coefficient (Wildman–Crippen LogP) is 6.62. The fraction of sp³-hybridized carbons (Fsp3) is 0.955. The Bertz CT molecular complexity index is 361. The number of methoxy groups -OCH3 is 1. The lowest BCUT2D eigenvalue weighted by Gasteiger charge is -2.25. The highest BCUT2D eigenvalue weighted by molar-refractivity contribution is 5.59. The average molecular weight is 373 g/mol. The average Bonchev–Trinajstić information content (AvgIpc) is 2.54. The van der Waals surface area contributed by atoms with Crippen LogP contribution in [0.5, 0.6) is 0 Å². The first-order valence-corrected chi connectivity index (χ1v) is 10.4. The summed E-state index contributed by atoms with van der Waals surface area (Å²) in [4.78, 5) is 11.7. The number of hydrogen-bond donors (Lipinski definition) is 0. The van der Waals surface area contributed by atoms with Gasteiger partial charge in [0.1, 0.15) is 0 Å². The summed E-state index contributed by atoms with van der Waals surface area (Å²) in [7, 11) is 1.74. The molecule has 0 aliphatic rings. The zero-order valence-corrected chi connectivity index (χ0v) is 18.5. The van der Waals surface area contributed by atoms with Gasteiger partial charge in [0.2, 0.25) is 0 Å². The summed E-state index contributed by atoms with van der Waals surface area (Å²) >= 11 is 0. The Kier molecular flexibility index (Phi) is 13.0. The van der Waals surface area contributed by atoms with Crippen LogP contribution < -0.4 is 0 Å². The summed E-state index contributed by atoms with van der Waals surface area (Å²) in [5.41, 5.74) is 0.569. The summed E-state index contributed by atoms with van der Waals surface area (Å²) in [6.45, 7) is 15.3. The molecule has 0 aromatic rings. The maximum Gasteiger partial charge on any atom is 0.508 e. The minimum atomic E-state index is -0.526. The predicted molar refractivity (Wildman–Crippen MR) is 109 cm³/mol. The number of carbonyl (C=O) groups is 1. The summed E-state index contributed by atoms with van der Waals surface area (Å²) in [6.07, 6.45) is 8.01. The highest BCUT2D eigenvalue weighted by atomic mass is 16.7. The van der Waals surface area contributed by atoms with Crippen LogP contribution in [-0.2, 0) is 14.2 Å². The molecule has 0 aliphatic carbocycles. The summed E-state index contributed by atoms with van der Waals surface area (Å²) in [5.74, 6) is 0.741. The van der Waals surface area contributed by atoms with Crippen LogP contribution in [-0.4, -0.2) is 33.1 Å². The van der Waals surface area contributed by atoms with Crippen LogP contribution in [0.3, 0.4) is 0 Å². The van der Waals surface area contributed by atoms with Gasteiger partial charge in [-0.2, -0.15) is 0 Å². The van der Waals surface area contributed by atoms with Gasteiger partial charge in [-0.1, -0.05) is 48.0 Å². The van der Waals surface area contributed by atoms with E-state index in [1.807, 2.05) is 0 Å². The van der Waals surface area contributed by atoms with E-state index in [1.165, 1.54) is 12.8 Å². The molecule has 0 radical (unpaired) electrons. The van der Waals surface area contributed by atoms with Gasteiger partial charge in [-0.15, -0.1) is 0 Å². The zero-order chi connectivity index (χ0) is 20.1. The smallest absolute Gasteiger partial charge is 0.434 e. The lowest BCUT2D eigenvalue weighted by Crippen LogP contribution is -2.16. The molecule has 4 heteroatoms. The van der Waals surface area contributed by atoms with Crippen molar-refractivity contribution in [2.24, 2.45) is 16.7 Å². The third-order valence-electron chi connectivity index (χ3n) is 5.04. The number of rotatable bonds is 15. The first-order valence-electron chi connectivity index (χ1n) is 10.4. The van der Waals surface area contributed by atoms with E-state index in [-0.39, 0.29) is 5.41 Å². The number of hydrogen-bond acceptors (Lipinski definition) is 4. The fourth-order valence-electron chi connectivity index (χ4n) is 3.08. The van der Waals surface area contributed by atoms with Gasteiger partial charge in [0.05, 0.1) is 13.2 Å². The molecule has 0 amide bonds. The molecular formula is C22H44O4. The van der Waals surface area contributed by atoms with E-state index >= 15 is 0 Å². The molecule has 0 bridgehead atoms. The van der Waals surface area contributed by atoms with Crippen molar-refractivity contribution in [2.75, 3.05) is 26.9 Å². The highest BCUT2D eigenvalue weighted by Crippen LogP contribution is 2.30. The third-order valence-corrected chi connectivity index (χ3v) is 5.04. The van der Waals surface area contributed by atoms with Crippen LogP contribution in [0.2, 0.25) is 0 Å². The van der Waals surface area contributed by atoms with Gasteiger partial charge in [-0.05, 0) is 61.7 Å². The third kappa shape index (κ3) is 15.5. The molecule has 0 saturated heterocycles. The molecule has 0 unspecified atom stereocenters. The molecule has 4 nitrogen and oxygen atoms in total. The Labute approximate surface area is 162 Å². The maximum atomic E-state index is 11.7. The van der Waals surface area contributed by atoms with Gasteiger partial charge in [-0.3, -0.25) is 0 Å². The van der Waals surface area contributed by atoms with Crippen molar-refractivity contribution < 1.29 is 19.0 Å². The van der Waals surface area contributed by atoms with E-state index in [0.717, 1.165) is 51.0 Å². The molecule has 156 valence electrons. The second-order valence-corrected chi connectivity index (χ2v) is 9.51. The van der Waals surface area contributed by atoms with Gasteiger partial charge in [0, 0.05) is 13.7 Å². The van der Waals surface area contributed by atoms with Gasteiger partial charge >= 0.3 is 6.16 Å². The zero-order valence-electron chi connectivity index (χ0n) is 18.5. The van der Waals surface area contributed by atoms with Gasteiger partial charge in [0.15, 0.2) is 0 Å². The van der Waals surface area contributed by atoms with Crippen molar-refractivity contribution in [3.8, 4) is 0 Å². The maximum absolute atomic E-state index is 11.7. The molecule has 26 heavy (non-hydrogen) atoms. The molecule has 0 heterocycles. The van der Waals surface area contributed by atoms with Crippen LogP contribution in [0, 0.1) is 16.7 Å². The molecule has 0 spiro atoms. The van der Waals surface area contributed by atoms with Crippen LogP contribution in [0.15, 0.2) is 0 Å². The fourth-order valence-corrected chi connectivity index (χ4v) is 3.08. The van der Waals surface area contributed by atoms with Crippen LogP contribution >= 0.6 is 0 Å². The second-order valence-electron chi connectivity index (χ2n) is 9.51. The van der Waals surface area contributed by atoms with Crippen LogP contribution in [0.4, 0.5) is 4.79 Å². The molecule has 0 rings (SSSR count). The molecule has 0 aliphatic heterocycles. The van der Waals surface area contributed by atoms with Crippen LogP contribution in [0.1, 0.15) is 92.9 Å². The number of carbonyl (C=O) groups excluding carboxylic acids is 1. The van der Waals surface area contributed by atoms with Crippen molar-refractivity contribution in [1.82, 2.24) is 0 Å². The van der Waals surface area contributed by atoms with Crippen molar-refractivity contribution >= 4 is 6.16 Å². The Hall–Kier alpha value is -0.770. The molecule has 0 N–H and O–H groups in total. The first kappa shape index (κ1) is 25.2. The van der Waals surface area contributed by atoms with Crippen molar-refractivity contribution in [3.63, 3.8) is 0 Å². The normalized spacial score (nSPS) is 12.5. The van der Waals surface area contributed by atoms with Crippen LogP contribution in [0.25, 0.3) is 0 Å². The lowest BCUT2D eigenvalue weighted by molar-refractivity contribution is 0.0483. The Morgan fingerprint density at radius 2 is 1.19 bits per heavy atom. The highest BCUT2D eigenvalue weighted by Gasteiger charge is 2.19. The first-order chi connectivity index (χ1) is 12.1. The van der Waals surface area contributed by atoms with Gasteiger partial charge in [-0.25, -0.2) is 4.79 Å². The van der Waals surface area contributed by atoms with E-state index in [2.05, 4.69) is 41.5 Å². The van der Waals surface area contributed by atoms with Crippen molar-refractivity contribution in [3.05, 3.63) is 0 Å². The summed E-state index contributed by atoms with van der Waals surface area (Å²) < 4.78 is 15.5. The minimum Gasteiger partial charge on any atom is -0.434 e. The molecule has 0 fully saturated rings. The van der Waals surface area contributed by atoms with Crippen molar-refractivity contribution in [1.29, 1.82) is 0 Å². The monoisotopic (exact) mass is 372 g/mol. The minimum absolute atomic E-state index is 0.257. The molecule has 0 saturated carbocycles. The van der Waals surface area contributed by atoms with E-state index in [4.69, 9.17) is 14.2 Å². The Morgan fingerprint density at radius 1 is 0.769 bits per heavy atom. The topological polar surface area (TPSA) is 44.8 Å². The number of ether oxygens (including phenoxy) is 3. The van der Waals surface area contributed by atoms with E-state index < -0.39 is 6.16 Å². The molecular weight excluding hydrogens is 328 g/mol. The SMILES string of the molecule is COCCCC(C)(C)CCCOC(=O)OCCCC(C)(C)CCC(C)C. The van der Waals surface area contributed by atoms with Gasteiger partial charge < -0.3 is 14.2 Å². The van der Waals surface area contributed by atoms with Crippen molar-refractivity contribution in [2.45, 2.75) is 92.9 Å². The Balaban J connectivity index is 3.71.